The van der Waals surface area contributed by atoms with E-state index < -0.39 is 23.8 Å². The fraction of sp³-hybridized carbons (Fsp3) is 0.111. The minimum Gasteiger partial charge on any atom is -0.494 e. The van der Waals surface area contributed by atoms with Crippen LogP contribution in [0, 0.1) is 0 Å². The first kappa shape index (κ1) is 25.5. The summed E-state index contributed by atoms with van der Waals surface area (Å²) in [6.07, 6.45) is 1.35. The number of rotatable bonds is 8. The first-order chi connectivity index (χ1) is 17.9. The number of hydrogen-bond acceptors (Lipinski definition) is 6. The maximum Gasteiger partial charge on any atom is 0.335 e. The van der Waals surface area contributed by atoms with Gasteiger partial charge in [0.25, 0.3) is 17.7 Å². The van der Waals surface area contributed by atoms with Crippen molar-refractivity contribution in [1.29, 1.82) is 0 Å². The predicted octanol–water partition coefficient (Wildman–Crippen LogP) is 4.42. The average Bonchev–Trinajstić information content (AvgIpc) is 2.88. The van der Waals surface area contributed by atoms with E-state index in [9.17, 15) is 19.2 Å². The molecule has 3 aromatic rings. The lowest BCUT2D eigenvalue weighted by atomic mass is 10.1. The SMILES string of the molecule is CCOc1ccc(N2C(=O)NC(=O)/C(=C\c3cccc(OCC(=O)Nc4ccccc4Cl)c3)C2=O)cc1. The van der Waals surface area contributed by atoms with E-state index in [1.165, 1.54) is 6.08 Å². The second-order valence-electron chi connectivity index (χ2n) is 7.77. The Bertz CT molecular complexity index is 1390. The molecule has 188 valence electrons. The largest absolute Gasteiger partial charge is 0.494 e. The molecule has 1 saturated heterocycles. The molecule has 3 aromatic carbocycles. The van der Waals surface area contributed by atoms with Gasteiger partial charge in [-0.2, -0.15) is 0 Å². The lowest BCUT2D eigenvalue weighted by Crippen LogP contribution is -2.54. The molecule has 37 heavy (non-hydrogen) atoms. The van der Waals surface area contributed by atoms with Gasteiger partial charge in [0.1, 0.15) is 17.1 Å². The van der Waals surface area contributed by atoms with Gasteiger partial charge in [0.05, 0.1) is 23.0 Å². The van der Waals surface area contributed by atoms with E-state index in [-0.39, 0.29) is 17.9 Å². The molecule has 1 aliphatic rings. The number of anilines is 2. The number of urea groups is 1. The zero-order valence-corrected chi connectivity index (χ0v) is 20.5. The predicted molar refractivity (Wildman–Crippen MR) is 139 cm³/mol. The molecule has 0 unspecified atom stereocenters. The topological polar surface area (TPSA) is 114 Å². The van der Waals surface area contributed by atoms with Crippen LogP contribution in [0.25, 0.3) is 6.08 Å². The standard InChI is InChI=1S/C27H22ClN3O6/c1-2-36-19-12-10-18(11-13-19)31-26(34)21(25(33)30-27(31)35)15-17-6-5-7-20(14-17)37-16-24(32)29-23-9-4-3-8-22(23)28/h3-15H,2,16H2,1H3,(H,29,32)(H,30,33,35)/b21-15+. The summed E-state index contributed by atoms with van der Waals surface area (Å²) in [5, 5.41) is 5.24. The number of barbiturate groups is 1. The van der Waals surface area contributed by atoms with Crippen LogP contribution < -0.4 is 25.0 Å². The monoisotopic (exact) mass is 519 g/mol. The van der Waals surface area contributed by atoms with Crippen LogP contribution in [0.4, 0.5) is 16.2 Å². The number of carbonyl (C=O) groups is 4. The van der Waals surface area contributed by atoms with Crippen LogP contribution in [0.1, 0.15) is 12.5 Å². The Balaban J connectivity index is 1.48. The highest BCUT2D eigenvalue weighted by Crippen LogP contribution is 2.25. The Kier molecular flexibility index (Phi) is 7.85. The van der Waals surface area contributed by atoms with Gasteiger partial charge in [-0.1, -0.05) is 35.9 Å². The van der Waals surface area contributed by atoms with Gasteiger partial charge in [-0.15, -0.1) is 0 Å². The van der Waals surface area contributed by atoms with Gasteiger partial charge in [0.15, 0.2) is 6.61 Å². The molecule has 4 rings (SSSR count). The van der Waals surface area contributed by atoms with E-state index in [2.05, 4.69) is 10.6 Å². The quantitative estimate of drug-likeness (QED) is 0.336. The van der Waals surface area contributed by atoms with Crippen LogP contribution in [0.2, 0.25) is 5.02 Å². The fourth-order valence-corrected chi connectivity index (χ4v) is 3.69. The molecule has 5 amide bonds. The number of nitrogens with one attached hydrogen (secondary N) is 2. The van der Waals surface area contributed by atoms with Crippen LogP contribution in [-0.4, -0.2) is 37.0 Å². The normalized spacial score (nSPS) is 14.4. The van der Waals surface area contributed by atoms with Gasteiger partial charge in [-0.3, -0.25) is 19.7 Å². The van der Waals surface area contributed by atoms with Crippen molar-refractivity contribution in [2.24, 2.45) is 0 Å². The van der Waals surface area contributed by atoms with E-state index in [1.807, 2.05) is 6.92 Å². The molecule has 0 saturated carbocycles. The third kappa shape index (κ3) is 6.14. The minimum absolute atomic E-state index is 0.234. The van der Waals surface area contributed by atoms with Crippen LogP contribution >= 0.6 is 11.6 Å². The van der Waals surface area contributed by atoms with Gasteiger partial charge >= 0.3 is 6.03 Å². The summed E-state index contributed by atoms with van der Waals surface area (Å²) in [4.78, 5) is 51.1. The Morgan fingerprint density at radius 2 is 1.73 bits per heavy atom. The summed E-state index contributed by atoms with van der Waals surface area (Å²) in [5.74, 6) is -1.08. The van der Waals surface area contributed by atoms with Gasteiger partial charge in [0.2, 0.25) is 0 Å². The highest BCUT2D eigenvalue weighted by Gasteiger charge is 2.36. The second-order valence-corrected chi connectivity index (χ2v) is 8.18. The number of hydrogen-bond donors (Lipinski definition) is 2. The fourth-order valence-electron chi connectivity index (χ4n) is 3.51. The molecule has 0 aliphatic carbocycles. The van der Waals surface area contributed by atoms with Gasteiger partial charge in [-0.25, -0.2) is 9.69 Å². The second kappa shape index (κ2) is 11.4. The summed E-state index contributed by atoms with van der Waals surface area (Å²) in [7, 11) is 0. The average molecular weight is 520 g/mol. The Morgan fingerprint density at radius 3 is 2.46 bits per heavy atom. The van der Waals surface area contributed by atoms with E-state index in [0.717, 1.165) is 4.90 Å². The molecule has 9 nitrogen and oxygen atoms in total. The van der Waals surface area contributed by atoms with Crippen molar-refractivity contribution in [3.8, 4) is 11.5 Å². The molecule has 0 aromatic heterocycles. The van der Waals surface area contributed by atoms with Crippen LogP contribution in [0.5, 0.6) is 11.5 Å². The van der Waals surface area contributed by atoms with Crippen molar-refractivity contribution in [3.63, 3.8) is 0 Å². The Labute approximate surface area is 217 Å². The molecular weight excluding hydrogens is 498 g/mol. The number of nitrogens with zero attached hydrogens (tertiary/aromatic N) is 1. The van der Waals surface area contributed by atoms with Gasteiger partial charge in [0, 0.05) is 0 Å². The van der Waals surface area contributed by atoms with Crippen LogP contribution in [-0.2, 0) is 14.4 Å². The Hall–Kier alpha value is -4.63. The number of halogens is 1. The lowest BCUT2D eigenvalue weighted by molar-refractivity contribution is -0.122. The number of ether oxygens (including phenoxy) is 2. The van der Waals surface area contributed by atoms with Gasteiger partial charge in [-0.05, 0) is 67.1 Å². The third-order valence-corrected chi connectivity index (χ3v) is 5.52. The van der Waals surface area contributed by atoms with E-state index >= 15 is 0 Å². The van der Waals surface area contributed by atoms with Crippen LogP contribution in [0.3, 0.4) is 0 Å². The smallest absolute Gasteiger partial charge is 0.335 e. The highest BCUT2D eigenvalue weighted by atomic mass is 35.5. The maximum absolute atomic E-state index is 13.1. The van der Waals surface area contributed by atoms with Crippen LogP contribution in [0.15, 0.2) is 78.4 Å². The molecule has 0 atom stereocenters. The summed E-state index contributed by atoms with van der Waals surface area (Å²) < 4.78 is 10.9. The lowest BCUT2D eigenvalue weighted by Gasteiger charge is -2.26. The summed E-state index contributed by atoms with van der Waals surface area (Å²) in [6.45, 7) is 2.02. The van der Waals surface area contributed by atoms with Crippen molar-refractivity contribution in [2.45, 2.75) is 6.92 Å². The van der Waals surface area contributed by atoms with Crippen molar-refractivity contribution < 1.29 is 28.7 Å². The summed E-state index contributed by atoms with van der Waals surface area (Å²) in [6, 6.07) is 18.8. The molecule has 1 fully saturated rings. The van der Waals surface area contributed by atoms with Gasteiger partial charge < -0.3 is 14.8 Å². The number of amides is 5. The molecule has 1 aliphatic heterocycles. The zero-order chi connectivity index (χ0) is 26.4. The number of imide groups is 2. The summed E-state index contributed by atoms with van der Waals surface area (Å²) in [5.41, 5.74) is 0.973. The molecule has 2 N–H and O–H groups in total. The first-order valence-corrected chi connectivity index (χ1v) is 11.6. The summed E-state index contributed by atoms with van der Waals surface area (Å²) >= 11 is 6.05. The van der Waals surface area contributed by atoms with E-state index in [1.54, 1.807) is 72.8 Å². The minimum atomic E-state index is -0.849. The molecular formula is C27H22ClN3O6. The number of benzene rings is 3. The third-order valence-electron chi connectivity index (χ3n) is 5.19. The Morgan fingerprint density at radius 1 is 0.973 bits per heavy atom. The molecule has 0 bridgehead atoms. The number of para-hydroxylation sites is 1. The first-order valence-electron chi connectivity index (χ1n) is 11.3. The van der Waals surface area contributed by atoms with Crippen molar-refractivity contribution >= 4 is 52.8 Å². The maximum atomic E-state index is 13.1. The van der Waals surface area contributed by atoms with Crippen molar-refractivity contribution in [1.82, 2.24) is 5.32 Å². The van der Waals surface area contributed by atoms with Crippen molar-refractivity contribution in [3.05, 3.63) is 89.0 Å². The number of carbonyl (C=O) groups excluding carboxylic acids is 4. The van der Waals surface area contributed by atoms with Crippen molar-refractivity contribution in [2.75, 3.05) is 23.4 Å². The molecule has 10 heteroatoms. The zero-order valence-electron chi connectivity index (χ0n) is 19.7. The molecule has 1 heterocycles. The van der Waals surface area contributed by atoms with E-state index in [4.69, 9.17) is 21.1 Å². The van der Waals surface area contributed by atoms with E-state index in [0.29, 0.717) is 34.4 Å². The molecule has 0 spiro atoms. The molecule has 0 radical (unpaired) electrons. The highest BCUT2D eigenvalue weighted by molar-refractivity contribution is 6.39.